The van der Waals surface area contributed by atoms with E-state index in [4.69, 9.17) is 5.11 Å². The number of aliphatic hydroxyl groups excluding tert-OH is 1. The number of carboxylic acids is 1. The van der Waals surface area contributed by atoms with Crippen molar-refractivity contribution in [2.45, 2.75) is 26.5 Å². The molecule has 1 aromatic heterocycles. The van der Waals surface area contributed by atoms with Gasteiger partial charge in [-0.2, -0.15) is 0 Å². The van der Waals surface area contributed by atoms with Crippen LogP contribution >= 0.6 is 0 Å². The average Bonchev–Trinajstić information content (AvgIpc) is 2.29. The van der Waals surface area contributed by atoms with Crippen molar-refractivity contribution in [1.29, 1.82) is 0 Å². The van der Waals surface area contributed by atoms with Gasteiger partial charge in [-0.05, 0) is 18.1 Å². The van der Waals surface area contributed by atoms with Gasteiger partial charge >= 0.3 is 5.97 Å². The van der Waals surface area contributed by atoms with E-state index in [9.17, 15) is 14.7 Å². The molecule has 6 nitrogen and oxygen atoms in total. The number of rotatable bonds is 1. The Labute approximate surface area is 104 Å². The van der Waals surface area contributed by atoms with Gasteiger partial charge in [-0.25, -0.2) is 9.78 Å². The van der Waals surface area contributed by atoms with Crippen LogP contribution in [-0.2, 0) is 11.2 Å². The zero-order chi connectivity index (χ0) is 13.4. The second-order valence-electron chi connectivity index (χ2n) is 4.49. The fourth-order valence-corrected chi connectivity index (χ4v) is 2.19. The zero-order valence-electron chi connectivity index (χ0n) is 10.1. The van der Waals surface area contributed by atoms with Crippen LogP contribution in [0, 0.1) is 5.92 Å². The smallest absolute Gasteiger partial charge is 0.354 e. The Morgan fingerprint density at radius 2 is 2.17 bits per heavy atom. The summed E-state index contributed by atoms with van der Waals surface area (Å²) in [5.41, 5.74) is 1.15. The van der Waals surface area contributed by atoms with Crippen molar-refractivity contribution in [1.82, 2.24) is 4.98 Å². The molecular weight excluding hydrogens is 236 g/mol. The second-order valence-corrected chi connectivity index (χ2v) is 4.49. The molecule has 1 aliphatic rings. The van der Waals surface area contributed by atoms with E-state index in [0.29, 0.717) is 12.1 Å². The number of pyridine rings is 1. The summed E-state index contributed by atoms with van der Waals surface area (Å²) in [5, 5.41) is 18.9. The van der Waals surface area contributed by atoms with Gasteiger partial charge in [0.15, 0.2) is 0 Å². The highest BCUT2D eigenvalue weighted by atomic mass is 16.4. The quantitative estimate of drug-likeness (QED) is 0.763. The van der Waals surface area contributed by atoms with Crippen LogP contribution in [0.1, 0.15) is 29.9 Å². The Morgan fingerprint density at radius 1 is 1.50 bits per heavy atom. The molecule has 1 unspecified atom stereocenters. The van der Waals surface area contributed by atoms with Crippen molar-refractivity contribution in [3.63, 3.8) is 0 Å². The molecule has 2 rings (SSSR count). The molecule has 96 valence electrons. The number of carbonyl (C=O) groups is 2. The predicted octanol–water partition coefficient (Wildman–Crippen LogP) is 0.643. The van der Waals surface area contributed by atoms with Crippen molar-refractivity contribution >= 4 is 17.6 Å². The maximum absolute atomic E-state index is 11.6. The maximum atomic E-state index is 11.6. The van der Waals surface area contributed by atoms with Gasteiger partial charge in [-0.3, -0.25) is 9.69 Å². The lowest BCUT2D eigenvalue weighted by atomic mass is 9.92. The van der Waals surface area contributed by atoms with Gasteiger partial charge in [-0.1, -0.05) is 6.92 Å². The maximum Gasteiger partial charge on any atom is 0.354 e. The minimum Gasteiger partial charge on any atom is -0.477 e. The number of amides is 1. The SMILES string of the molecule is CC(=O)N1c2cnc(C(=O)O)cc2CC(C)[C@@H]1O. The normalized spacial score (nSPS) is 22.5. The number of aromatic carboxylic acids is 1. The summed E-state index contributed by atoms with van der Waals surface area (Å²) < 4.78 is 0. The Morgan fingerprint density at radius 3 is 2.72 bits per heavy atom. The molecule has 2 N–H and O–H groups in total. The van der Waals surface area contributed by atoms with Crippen LogP contribution in [0.15, 0.2) is 12.3 Å². The minimum atomic E-state index is -1.11. The minimum absolute atomic E-state index is 0.0548. The van der Waals surface area contributed by atoms with Crippen molar-refractivity contribution < 1.29 is 19.8 Å². The molecule has 0 aliphatic carbocycles. The standard InChI is InChI=1S/C12H14N2O4/c1-6-3-8-4-9(12(17)18)13-5-10(8)14(7(2)15)11(6)16/h4-6,11,16H,3H2,1-2H3,(H,17,18)/t6?,11-/m0/s1. The van der Waals surface area contributed by atoms with Gasteiger partial charge in [-0.15, -0.1) is 0 Å². The molecule has 2 heterocycles. The van der Waals surface area contributed by atoms with Crippen LogP contribution in [0.5, 0.6) is 0 Å². The van der Waals surface area contributed by atoms with Gasteiger partial charge in [0.2, 0.25) is 5.91 Å². The number of anilines is 1. The zero-order valence-corrected chi connectivity index (χ0v) is 10.1. The van der Waals surface area contributed by atoms with E-state index in [0.717, 1.165) is 5.56 Å². The average molecular weight is 250 g/mol. The van der Waals surface area contributed by atoms with Gasteiger partial charge in [0.1, 0.15) is 11.9 Å². The third-order valence-electron chi connectivity index (χ3n) is 3.10. The molecule has 2 atom stereocenters. The third kappa shape index (κ3) is 1.95. The Balaban J connectivity index is 2.52. The second kappa shape index (κ2) is 4.38. The van der Waals surface area contributed by atoms with E-state index in [-0.39, 0.29) is 17.5 Å². The van der Waals surface area contributed by atoms with Gasteiger partial charge in [0.05, 0.1) is 11.9 Å². The first-order chi connectivity index (χ1) is 8.41. The summed E-state index contributed by atoms with van der Waals surface area (Å²) in [5.74, 6) is -1.54. The topological polar surface area (TPSA) is 90.7 Å². The molecule has 0 saturated carbocycles. The molecule has 0 saturated heterocycles. The summed E-state index contributed by atoms with van der Waals surface area (Å²) in [4.78, 5) is 27.4. The van der Waals surface area contributed by atoms with E-state index in [1.807, 2.05) is 6.92 Å². The van der Waals surface area contributed by atoms with Gasteiger partial charge < -0.3 is 10.2 Å². The van der Waals surface area contributed by atoms with Gasteiger partial charge in [0, 0.05) is 12.8 Å². The lowest BCUT2D eigenvalue weighted by Crippen LogP contribution is -2.47. The first-order valence-electron chi connectivity index (χ1n) is 5.62. The summed E-state index contributed by atoms with van der Waals surface area (Å²) in [6.07, 6.45) is 0.950. The summed E-state index contributed by atoms with van der Waals surface area (Å²) in [6.45, 7) is 3.17. The van der Waals surface area contributed by atoms with Crippen LogP contribution in [0.2, 0.25) is 0 Å². The molecule has 1 amide bonds. The Hall–Kier alpha value is -1.95. The molecule has 1 aromatic rings. The number of fused-ring (bicyclic) bond motifs is 1. The first kappa shape index (κ1) is 12.5. The highest BCUT2D eigenvalue weighted by molar-refractivity contribution is 5.94. The highest BCUT2D eigenvalue weighted by Crippen LogP contribution is 2.32. The van der Waals surface area contributed by atoms with E-state index < -0.39 is 12.2 Å². The molecule has 0 aromatic carbocycles. The first-order valence-corrected chi connectivity index (χ1v) is 5.62. The van der Waals surface area contributed by atoms with Crippen LogP contribution < -0.4 is 4.90 Å². The number of aromatic nitrogens is 1. The summed E-state index contributed by atoms with van der Waals surface area (Å²) >= 11 is 0. The molecule has 0 spiro atoms. The molecule has 1 aliphatic heterocycles. The largest absolute Gasteiger partial charge is 0.477 e. The van der Waals surface area contributed by atoms with E-state index in [1.165, 1.54) is 24.1 Å². The molecular formula is C12H14N2O4. The van der Waals surface area contributed by atoms with E-state index in [2.05, 4.69) is 4.98 Å². The molecule has 18 heavy (non-hydrogen) atoms. The van der Waals surface area contributed by atoms with Crippen molar-refractivity contribution in [2.24, 2.45) is 5.92 Å². The third-order valence-corrected chi connectivity index (χ3v) is 3.10. The molecule has 0 bridgehead atoms. The van der Waals surface area contributed by atoms with E-state index in [1.54, 1.807) is 0 Å². The summed E-state index contributed by atoms with van der Waals surface area (Å²) in [7, 11) is 0. The number of hydrogen-bond acceptors (Lipinski definition) is 4. The summed E-state index contributed by atoms with van der Waals surface area (Å²) in [6, 6.07) is 1.45. The lowest BCUT2D eigenvalue weighted by Gasteiger charge is -2.37. The van der Waals surface area contributed by atoms with Crippen LogP contribution in [0.3, 0.4) is 0 Å². The fourth-order valence-electron chi connectivity index (χ4n) is 2.19. The van der Waals surface area contributed by atoms with Crippen molar-refractivity contribution in [3.05, 3.63) is 23.5 Å². The number of carbonyl (C=O) groups excluding carboxylic acids is 1. The van der Waals surface area contributed by atoms with Crippen molar-refractivity contribution in [3.8, 4) is 0 Å². The van der Waals surface area contributed by atoms with Crippen LogP contribution in [0.4, 0.5) is 5.69 Å². The predicted molar refractivity (Wildman–Crippen MR) is 63.2 cm³/mol. The fraction of sp³-hybridized carbons (Fsp3) is 0.417. The monoisotopic (exact) mass is 250 g/mol. The van der Waals surface area contributed by atoms with Crippen molar-refractivity contribution in [2.75, 3.05) is 4.90 Å². The number of nitrogens with zero attached hydrogens (tertiary/aromatic N) is 2. The number of aliphatic hydroxyl groups is 1. The molecule has 0 radical (unpaired) electrons. The molecule has 0 fully saturated rings. The lowest BCUT2D eigenvalue weighted by molar-refractivity contribution is -0.119. The van der Waals surface area contributed by atoms with Crippen LogP contribution in [0.25, 0.3) is 0 Å². The van der Waals surface area contributed by atoms with E-state index >= 15 is 0 Å². The highest BCUT2D eigenvalue weighted by Gasteiger charge is 2.33. The Bertz CT molecular complexity index is 515. The molecule has 6 heteroatoms. The van der Waals surface area contributed by atoms with Crippen LogP contribution in [-0.4, -0.2) is 33.3 Å². The number of carboxylic acid groups (broad SMARTS) is 1. The number of hydrogen-bond donors (Lipinski definition) is 2. The van der Waals surface area contributed by atoms with Gasteiger partial charge in [0.25, 0.3) is 0 Å². The Kier molecular flexibility index (Phi) is 3.04.